The molecule has 0 radical (unpaired) electrons. The molecule has 0 atom stereocenters. The molecular weight excluding hydrogens is 284 g/mol. The number of hydrogen-bond acceptors (Lipinski definition) is 5. The van der Waals surface area contributed by atoms with Gasteiger partial charge in [-0.05, 0) is 18.2 Å². The zero-order valence-corrected chi connectivity index (χ0v) is 11.6. The predicted octanol–water partition coefficient (Wildman–Crippen LogP) is 1.77. The van der Waals surface area contributed by atoms with Crippen molar-refractivity contribution >= 4 is 16.9 Å². The topological polar surface area (TPSA) is 103 Å². The van der Waals surface area contributed by atoms with Crippen molar-refractivity contribution in [3.05, 3.63) is 48.5 Å². The van der Waals surface area contributed by atoms with Crippen molar-refractivity contribution in [2.75, 3.05) is 0 Å². The Kier molecular flexibility index (Phi) is 3.71. The van der Waals surface area contributed by atoms with E-state index in [1.807, 2.05) is 12.1 Å². The number of carboxylic acids is 1. The molecule has 2 heterocycles. The Hall–Kier alpha value is -2.93. The maximum atomic E-state index is 10.9. The minimum atomic E-state index is -0.896. The van der Waals surface area contributed by atoms with Crippen LogP contribution in [0.3, 0.4) is 0 Å². The van der Waals surface area contributed by atoms with Gasteiger partial charge >= 0.3 is 5.97 Å². The van der Waals surface area contributed by atoms with Gasteiger partial charge in [-0.25, -0.2) is 9.97 Å². The van der Waals surface area contributed by atoms with Crippen molar-refractivity contribution in [1.82, 2.24) is 14.5 Å². The molecule has 0 bridgehead atoms. The van der Waals surface area contributed by atoms with Gasteiger partial charge in [-0.1, -0.05) is 6.07 Å². The Labute approximate surface area is 126 Å². The third-order valence-corrected chi connectivity index (χ3v) is 3.20. The van der Waals surface area contributed by atoms with E-state index in [0.29, 0.717) is 23.9 Å². The predicted molar refractivity (Wildman–Crippen MR) is 79.6 cm³/mol. The highest BCUT2D eigenvalue weighted by Gasteiger charge is 2.10. The lowest BCUT2D eigenvalue weighted by Crippen LogP contribution is -2.07. The number of aliphatic carboxylic acids is 1. The first-order valence-electron chi connectivity index (χ1n) is 6.66. The SMILES string of the molecule is NCc1cc(Oc2cccc3c2ccn3CC(=O)O)ncn1. The van der Waals surface area contributed by atoms with Crippen LogP contribution in [0.1, 0.15) is 5.69 Å². The van der Waals surface area contributed by atoms with Gasteiger partial charge in [0, 0.05) is 24.2 Å². The molecule has 0 saturated carbocycles. The van der Waals surface area contributed by atoms with E-state index in [-0.39, 0.29) is 6.54 Å². The van der Waals surface area contributed by atoms with Crippen LogP contribution >= 0.6 is 0 Å². The largest absolute Gasteiger partial charge is 0.480 e. The lowest BCUT2D eigenvalue weighted by atomic mass is 10.2. The number of carbonyl (C=O) groups is 1. The smallest absolute Gasteiger partial charge is 0.323 e. The summed E-state index contributed by atoms with van der Waals surface area (Å²) in [5.74, 6) is 0.101. The van der Waals surface area contributed by atoms with E-state index in [0.717, 1.165) is 10.9 Å². The Morgan fingerprint density at radius 3 is 2.95 bits per heavy atom. The molecule has 3 N–H and O–H groups in total. The van der Waals surface area contributed by atoms with Crippen LogP contribution < -0.4 is 10.5 Å². The van der Waals surface area contributed by atoms with Gasteiger partial charge < -0.3 is 20.1 Å². The normalized spacial score (nSPS) is 10.8. The van der Waals surface area contributed by atoms with Crippen molar-refractivity contribution in [1.29, 1.82) is 0 Å². The zero-order valence-electron chi connectivity index (χ0n) is 11.6. The second-order valence-corrected chi connectivity index (χ2v) is 4.68. The van der Waals surface area contributed by atoms with Crippen molar-refractivity contribution in [3.63, 3.8) is 0 Å². The van der Waals surface area contributed by atoms with Crippen LogP contribution in [0.5, 0.6) is 11.6 Å². The highest BCUT2D eigenvalue weighted by atomic mass is 16.5. The number of rotatable bonds is 5. The highest BCUT2D eigenvalue weighted by Crippen LogP contribution is 2.29. The maximum Gasteiger partial charge on any atom is 0.323 e. The summed E-state index contributed by atoms with van der Waals surface area (Å²) in [5, 5.41) is 9.74. The Balaban J connectivity index is 1.97. The highest BCUT2D eigenvalue weighted by molar-refractivity contribution is 5.87. The summed E-state index contributed by atoms with van der Waals surface area (Å²) in [4.78, 5) is 18.9. The number of benzene rings is 1. The zero-order chi connectivity index (χ0) is 15.5. The molecule has 0 spiro atoms. The fraction of sp³-hybridized carbons (Fsp3) is 0.133. The minimum absolute atomic E-state index is 0.0994. The van der Waals surface area contributed by atoms with E-state index in [4.69, 9.17) is 15.6 Å². The van der Waals surface area contributed by atoms with Crippen LogP contribution in [0.4, 0.5) is 0 Å². The number of ether oxygens (including phenoxy) is 1. The summed E-state index contributed by atoms with van der Waals surface area (Å²) < 4.78 is 7.43. The van der Waals surface area contributed by atoms with E-state index < -0.39 is 5.97 Å². The molecule has 1 aromatic carbocycles. The van der Waals surface area contributed by atoms with E-state index in [9.17, 15) is 4.79 Å². The molecule has 2 aromatic heterocycles. The molecule has 3 aromatic rings. The van der Waals surface area contributed by atoms with E-state index >= 15 is 0 Å². The molecule has 22 heavy (non-hydrogen) atoms. The fourth-order valence-electron chi connectivity index (χ4n) is 2.22. The summed E-state index contributed by atoms with van der Waals surface area (Å²) in [6.45, 7) is 0.204. The molecule has 112 valence electrons. The second-order valence-electron chi connectivity index (χ2n) is 4.68. The number of hydrogen-bond donors (Lipinski definition) is 2. The van der Waals surface area contributed by atoms with Crippen LogP contribution in [-0.4, -0.2) is 25.6 Å². The van der Waals surface area contributed by atoms with Gasteiger partial charge in [0.2, 0.25) is 5.88 Å². The van der Waals surface area contributed by atoms with Crippen molar-refractivity contribution in [3.8, 4) is 11.6 Å². The molecule has 0 unspecified atom stereocenters. The number of carboxylic acid groups (broad SMARTS) is 1. The van der Waals surface area contributed by atoms with Gasteiger partial charge in [0.15, 0.2) is 0 Å². The van der Waals surface area contributed by atoms with Crippen molar-refractivity contribution < 1.29 is 14.6 Å². The van der Waals surface area contributed by atoms with Gasteiger partial charge in [-0.15, -0.1) is 0 Å². The molecule has 0 saturated heterocycles. The van der Waals surface area contributed by atoms with Crippen LogP contribution in [0.25, 0.3) is 10.9 Å². The summed E-state index contributed by atoms with van der Waals surface area (Å²) >= 11 is 0. The summed E-state index contributed by atoms with van der Waals surface area (Å²) in [7, 11) is 0. The van der Waals surface area contributed by atoms with E-state index in [1.165, 1.54) is 6.33 Å². The summed E-state index contributed by atoms with van der Waals surface area (Å²) in [5.41, 5.74) is 7.01. The number of nitrogens with two attached hydrogens (primary N) is 1. The van der Waals surface area contributed by atoms with Crippen LogP contribution in [-0.2, 0) is 17.9 Å². The quantitative estimate of drug-likeness (QED) is 0.744. The lowest BCUT2D eigenvalue weighted by molar-refractivity contribution is -0.137. The Morgan fingerprint density at radius 2 is 2.18 bits per heavy atom. The molecule has 7 heteroatoms. The van der Waals surface area contributed by atoms with Crippen LogP contribution in [0.2, 0.25) is 0 Å². The average Bonchev–Trinajstić information content (AvgIpc) is 2.91. The molecule has 7 nitrogen and oxygen atoms in total. The minimum Gasteiger partial charge on any atom is -0.480 e. The van der Waals surface area contributed by atoms with E-state index in [2.05, 4.69) is 9.97 Å². The molecule has 0 aliphatic heterocycles. The van der Waals surface area contributed by atoms with E-state index in [1.54, 1.807) is 29.0 Å². The summed E-state index contributed by atoms with van der Waals surface area (Å²) in [6, 6.07) is 8.95. The van der Waals surface area contributed by atoms with Crippen LogP contribution in [0, 0.1) is 0 Å². The molecule has 0 amide bonds. The second kappa shape index (κ2) is 5.82. The average molecular weight is 298 g/mol. The van der Waals surface area contributed by atoms with Gasteiger partial charge in [-0.3, -0.25) is 4.79 Å². The molecular formula is C15H14N4O3. The summed E-state index contributed by atoms with van der Waals surface area (Å²) in [6.07, 6.45) is 3.12. The van der Waals surface area contributed by atoms with Crippen molar-refractivity contribution in [2.45, 2.75) is 13.1 Å². The van der Waals surface area contributed by atoms with Gasteiger partial charge in [0.1, 0.15) is 18.6 Å². The Morgan fingerprint density at radius 1 is 1.32 bits per heavy atom. The molecule has 0 fully saturated rings. The first kappa shape index (κ1) is 14.0. The number of fused-ring (bicyclic) bond motifs is 1. The first-order chi connectivity index (χ1) is 10.7. The number of nitrogens with zero attached hydrogens (tertiary/aromatic N) is 3. The first-order valence-corrected chi connectivity index (χ1v) is 6.66. The maximum absolute atomic E-state index is 10.9. The fourth-order valence-corrected chi connectivity index (χ4v) is 2.22. The Bertz CT molecular complexity index is 829. The van der Waals surface area contributed by atoms with Crippen molar-refractivity contribution in [2.24, 2.45) is 5.73 Å². The molecule has 0 aliphatic carbocycles. The van der Waals surface area contributed by atoms with Gasteiger partial charge in [0.25, 0.3) is 0 Å². The standard InChI is InChI=1S/C15H14N4O3/c16-7-10-6-14(18-9-17-10)22-13-3-1-2-12-11(13)4-5-19(12)8-15(20)21/h1-6,9H,7-8,16H2,(H,20,21). The number of aromatic nitrogens is 3. The lowest BCUT2D eigenvalue weighted by Gasteiger charge is -2.07. The van der Waals surface area contributed by atoms with Gasteiger partial charge in [0.05, 0.1) is 11.2 Å². The molecule has 0 aliphatic rings. The van der Waals surface area contributed by atoms with Crippen LogP contribution in [0.15, 0.2) is 42.9 Å². The monoisotopic (exact) mass is 298 g/mol. The van der Waals surface area contributed by atoms with Gasteiger partial charge in [-0.2, -0.15) is 0 Å². The molecule has 3 rings (SSSR count). The third-order valence-electron chi connectivity index (χ3n) is 3.20. The third kappa shape index (κ3) is 2.75.